The van der Waals surface area contributed by atoms with Crippen LogP contribution in [0.3, 0.4) is 0 Å². The first-order valence-electron chi connectivity index (χ1n) is 4.95. The highest BCUT2D eigenvalue weighted by molar-refractivity contribution is 6.00. The maximum Gasteiger partial charge on any atom is 0.366 e. The number of aromatic nitrogens is 1. The molecule has 17 heavy (non-hydrogen) atoms. The molecule has 1 aromatic heterocycles. The van der Waals surface area contributed by atoms with Crippen molar-refractivity contribution in [2.24, 2.45) is 0 Å². The van der Waals surface area contributed by atoms with Gasteiger partial charge in [0.15, 0.2) is 0 Å². The Morgan fingerprint density at radius 2 is 2.24 bits per heavy atom. The van der Waals surface area contributed by atoms with Gasteiger partial charge in [0.05, 0.1) is 11.1 Å². The Kier molecular flexibility index (Phi) is 2.74. The molecule has 0 saturated carbocycles. The molecule has 0 atom stereocenters. The van der Waals surface area contributed by atoms with Crippen LogP contribution in [0.4, 0.5) is 5.69 Å². The van der Waals surface area contributed by atoms with E-state index in [9.17, 15) is 9.59 Å². The van der Waals surface area contributed by atoms with E-state index in [2.05, 4.69) is 21.6 Å². The van der Waals surface area contributed by atoms with Gasteiger partial charge in [0.2, 0.25) is 5.91 Å². The number of hydrogen-bond donors (Lipinski definition) is 1. The zero-order valence-corrected chi connectivity index (χ0v) is 9.19. The lowest BCUT2D eigenvalue weighted by Crippen LogP contribution is -2.08. The third-order valence-electron chi connectivity index (χ3n) is 2.35. The number of amides is 1. The first-order valence-corrected chi connectivity index (χ1v) is 4.95. The van der Waals surface area contributed by atoms with Gasteiger partial charge in [0, 0.05) is 11.1 Å². The average molecular weight is 230 g/mol. The van der Waals surface area contributed by atoms with E-state index in [4.69, 9.17) is 0 Å². The van der Waals surface area contributed by atoms with Gasteiger partial charge in [0.1, 0.15) is 0 Å². The van der Waals surface area contributed by atoms with Gasteiger partial charge in [-0.25, -0.2) is 4.79 Å². The summed E-state index contributed by atoms with van der Waals surface area (Å²) in [5.74, 6) is -0.307. The molecule has 0 aliphatic carbocycles. The second-order valence-electron chi connectivity index (χ2n) is 3.51. The topological polar surface area (TPSA) is 72.2 Å². The van der Waals surface area contributed by atoms with E-state index in [1.807, 2.05) is 0 Å². The summed E-state index contributed by atoms with van der Waals surface area (Å²) in [6.45, 7) is 5.09. The van der Waals surface area contributed by atoms with Crippen molar-refractivity contribution in [3.05, 3.63) is 47.0 Å². The van der Waals surface area contributed by atoms with Gasteiger partial charge in [-0.15, -0.1) is 0 Å². The van der Waals surface area contributed by atoms with Crippen LogP contribution >= 0.6 is 0 Å². The Hall–Kier alpha value is -2.43. The molecule has 1 amide bonds. The fourth-order valence-electron chi connectivity index (χ4n) is 1.50. The fourth-order valence-corrected chi connectivity index (χ4v) is 1.50. The number of rotatable bonds is 2. The summed E-state index contributed by atoms with van der Waals surface area (Å²) < 4.78 is 4.60. The lowest BCUT2D eigenvalue weighted by Gasteiger charge is -2.04. The van der Waals surface area contributed by atoms with E-state index >= 15 is 0 Å². The molecular formula is C12H10N2O3. The SMILES string of the molecule is C=CC(=O)Nc1ccc2c(=O)onc(C)c2c1. The summed E-state index contributed by atoms with van der Waals surface area (Å²) >= 11 is 0. The fraction of sp³-hybridized carbons (Fsp3) is 0.0833. The molecule has 1 N–H and O–H groups in total. The molecule has 0 saturated heterocycles. The van der Waals surface area contributed by atoms with Crippen LogP contribution in [0.25, 0.3) is 10.8 Å². The molecule has 86 valence electrons. The minimum atomic E-state index is -0.493. The standard InChI is InChI=1S/C12H10N2O3/c1-3-11(15)13-8-4-5-9-10(6-8)7(2)14-17-12(9)16/h3-6H,1H2,2H3,(H,13,15). The zero-order valence-electron chi connectivity index (χ0n) is 9.19. The lowest BCUT2D eigenvalue weighted by atomic mass is 10.1. The normalized spacial score (nSPS) is 10.2. The van der Waals surface area contributed by atoms with Gasteiger partial charge in [-0.2, -0.15) is 0 Å². The number of nitrogens with one attached hydrogen (secondary N) is 1. The molecule has 0 bridgehead atoms. The van der Waals surface area contributed by atoms with Crippen molar-refractivity contribution in [1.29, 1.82) is 0 Å². The maximum atomic E-state index is 11.4. The summed E-state index contributed by atoms with van der Waals surface area (Å²) in [6, 6.07) is 4.89. The number of nitrogens with zero attached hydrogens (tertiary/aromatic N) is 1. The molecule has 1 aromatic carbocycles. The summed E-state index contributed by atoms with van der Waals surface area (Å²) in [5.41, 5.74) is 0.680. The summed E-state index contributed by atoms with van der Waals surface area (Å²) in [6.07, 6.45) is 1.18. The monoisotopic (exact) mass is 230 g/mol. The van der Waals surface area contributed by atoms with Crippen molar-refractivity contribution in [2.75, 3.05) is 5.32 Å². The Labute approximate surface area is 96.7 Å². The number of aryl methyl sites for hydroxylation is 1. The van der Waals surface area contributed by atoms with E-state index in [0.717, 1.165) is 0 Å². The van der Waals surface area contributed by atoms with Crippen LogP contribution in [0, 0.1) is 6.92 Å². The highest BCUT2D eigenvalue weighted by Crippen LogP contribution is 2.18. The van der Waals surface area contributed by atoms with Crippen molar-refractivity contribution in [3.63, 3.8) is 0 Å². The Morgan fingerprint density at radius 1 is 1.47 bits per heavy atom. The second-order valence-corrected chi connectivity index (χ2v) is 3.51. The van der Waals surface area contributed by atoms with Crippen molar-refractivity contribution >= 4 is 22.4 Å². The molecule has 0 unspecified atom stereocenters. The van der Waals surface area contributed by atoms with Crippen molar-refractivity contribution in [3.8, 4) is 0 Å². The van der Waals surface area contributed by atoms with Gasteiger partial charge in [-0.05, 0) is 31.2 Å². The molecular weight excluding hydrogens is 220 g/mol. The minimum absolute atomic E-state index is 0.307. The summed E-state index contributed by atoms with van der Waals surface area (Å²) in [4.78, 5) is 22.5. The van der Waals surface area contributed by atoms with Gasteiger partial charge in [-0.3, -0.25) is 4.79 Å². The number of fused-ring (bicyclic) bond motifs is 1. The van der Waals surface area contributed by atoms with E-state index in [1.54, 1.807) is 25.1 Å². The quantitative estimate of drug-likeness (QED) is 0.796. The number of carbonyl (C=O) groups excluding carboxylic acids is 1. The molecule has 2 rings (SSSR count). The van der Waals surface area contributed by atoms with E-state index < -0.39 is 5.63 Å². The van der Waals surface area contributed by atoms with Crippen LogP contribution in [-0.4, -0.2) is 11.1 Å². The molecule has 5 nitrogen and oxygen atoms in total. The molecule has 2 aromatic rings. The molecule has 0 aliphatic heterocycles. The van der Waals surface area contributed by atoms with Crippen LogP contribution in [-0.2, 0) is 4.79 Å². The average Bonchev–Trinajstić information content (AvgIpc) is 2.34. The predicted molar refractivity (Wildman–Crippen MR) is 63.8 cm³/mol. The van der Waals surface area contributed by atoms with E-state index in [-0.39, 0.29) is 5.91 Å². The van der Waals surface area contributed by atoms with Gasteiger partial charge < -0.3 is 9.84 Å². The number of carbonyl (C=O) groups is 1. The Bertz CT molecular complexity index is 658. The summed E-state index contributed by atoms with van der Waals surface area (Å²) in [7, 11) is 0. The molecule has 0 spiro atoms. The molecule has 1 heterocycles. The molecule has 0 fully saturated rings. The lowest BCUT2D eigenvalue weighted by molar-refractivity contribution is -0.111. The third kappa shape index (κ3) is 2.08. The minimum Gasteiger partial charge on any atom is -0.323 e. The van der Waals surface area contributed by atoms with Crippen LogP contribution in [0.1, 0.15) is 5.69 Å². The van der Waals surface area contributed by atoms with Crippen molar-refractivity contribution in [2.45, 2.75) is 6.92 Å². The Balaban J connectivity index is 2.57. The molecule has 0 radical (unpaired) electrons. The van der Waals surface area contributed by atoms with Gasteiger partial charge >= 0.3 is 5.63 Å². The number of benzene rings is 1. The van der Waals surface area contributed by atoms with Crippen LogP contribution in [0.2, 0.25) is 0 Å². The van der Waals surface area contributed by atoms with Crippen LogP contribution < -0.4 is 10.9 Å². The van der Waals surface area contributed by atoms with Gasteiger partial charge in [-0.1, -0.05) is 11.7 Å². The zero-order chi connectivity index (χ0) is 12.4. The van der Waals surface area contributed by atoms with Crippen LogP contribution in [0.5, 0.6) is 0 Å². The van der Waals surface area contributed by atoms with E-state index in [1.165, 1.54) is 6.08 Å². The number of hydrogen-bond acceptors (Lipinski definition) is 4. The molecule has 0 aliphatic rings. The summed E-state index contributed by atoms with van der Waals surface area (Å²) in [5, 5.41) is 7.33. The highest BCUT2D eigenvalue weighted by Gasteiger charge is 2.06. The maximum absolute atomic E-state index is 11.4. The van der Waals surface area contributed by atoms with E-state index in [0.29, 0.717) is 22.2 Å². The first-order chi connectivity index (χ1) is 8.11. The Morgan fingerprint density at radius 3 is 2.94 bits per heavy atom. The third-order valence-corrected chi connectivity index (χ3v) is 2.35. The van der Waals surface area contributed by atoms with Crippen LogP contribution in [0.15, 0.2) is 40.2 Å². The predicted octanol–water partition coefficient (Wildman–Crippen LogP) is 1.62. The largest absolute Gasteiger partial charge is 0.366 e. The second kappa shape index (κ2) is 4.21. The van der Waals surface area contributed by atoms with Crippen molar-refractivity contribution in [1.82, 2.24) is 5.16 Å². The van der Waals surface area contributed by atoms with Gasteiger partial charge in [0.25, 0.3) is 0 Å². The number of anilines is 1. The van der Waals surface area contributed by atoms with Crippen molar-refractivity contribution < 1.29 is 9.32 Å². The first kappa shape index (κ1) is 11.1. The highest BCUT2D eigenvalue weighted by atomic mass is 16.5. The smallest absolute Gasteiger partial charge is 0.323 e. The molecule has 5 heteroatoms.